The van der Waals surface area contributed by atoms with E-state index in [9.17, 15) is 0 Å². The average molecular weight is 1050 g/mol. The van der Waals surface area contributed by atoms with Gasteiger partial charge in [0.15, 0.2) is 0 Å². The van der Waals surface area contributed by atoms with Crippen LogP contribution in [0.4, 0.5) is 0 Å². The van der Waals surface area contributed by atoms with Crippen molar-refractivity contribution in [3.05, 3.63) is 267 Å². The molecule has 20 aromatic rings. The Bertz CT molecular complexity index is 6100. The number of hydrogen-bond donors (Lipinski definition) is 0. The molecule has 0 aliphatic heterocycles. The van der Waals surface area contributed by atoms with Gasteiger partial charge >= 0.3 is 0 Å². The van der Waals surface area contributed by atoms with E-state index in [1.807, 2.05) is 0 Å². The summed E-state index contributed by atoms with van der Waals surface area (Å²) in [7, 11) is 0. The Labute approximate surface area is 475 Å². The lowest BCUT2D eigenvalue weighted by atomic mass is 9.84. The largest absolute Gasteiger partial charge is 0.456 e. The van der Waals surface area contributed by atoms with E-state index >= 15 is 0 Å². The Hall–Kier alpha value is -10.9. The van der Waals surface area contributed by atoms with Crippen LogP contribution >= 0.6 is 0 Å². The lowest BCUT2D eigenvalue weighted by Crippen LogP contribution is -1.92. The molecule has 0 aliphatic carbocycles. The normalized spacial score (nSPS) is 12.6. The lowest BCUT2D eigenvalue weighted by Gasteiger charge is -2.19. The molecule has 0 N–H and O–H groups in total. The van der Waals surface area contributed by atoms with Gasteiger partial charge in [0.05, 0.1) is 0 Å². The second kappa shape index (κ2) is 15.9. The highest BCUT2D eigenvalue weighted by molar-refractivity contribution is 6.32. The summed E-state index contributed by atoms with van der Waals surface area (Å²) in [5.41, 5.74) is 14.1. The Kier molecular flexibility index (Phi) is 8.45. The van der Waals surface area contributed by atoms with E-state index in [4.69, 9.17) is 4.42 Å². The van der Waals surface area contributed by atoms with Gasteiger partial charge in [-0.1, -0.05) is 224 Å². The van der Waals surface area contributed by atoms with Crippen LogP contribution in [0.5, 0.6) is 0 Å². The summed E-state index contributed by atoms with van der Waals surface area (Å²) in [6.45, 7) is 0. The second-order valence-corrected chi connectivity index (χ2v) is 23.4. The van der Waals surface area contributed by atoms with Crippen molar-refractivity contribution < 1.29 is 4.42 Å². The van der Waals surface area contributed by atoms with E-state index in [1.54, 1.807) is 0 Å². The second-order valence-electron chi connectivity index (χ2n) is 23.4. The molecule has 0 atom stereocenters. The number of furan rings is 1. The number of fused-ring (bicyclic) bond motifs is 3. The highest BCUT2D eigenvalue weighted by Crippen LogP contribution is 2.48. The highest BCUT2D eigenvalue weighted by atomic mass is 16.3. The van der Waals surface area contributed by atoms with Crippen LogP contribution in [0.3, 0.4) is 0 Å². The SMILES string of the molecule is c1cc2ccc3ccc(-c4ccc(-c5ccc6cc(-c7cc8ccc9ccc(-c%10ccc%11oc%12ccc(-c%13ccc%14ccc%15cccc%16ccc%13c%14c%15%16)cc%12c%11c%10)c%10ccc(c7)c8c9%10)c7cccc8ccc5c6c87)cc4)c4ccc(c1)c2c34. The molecule has 19 aromatic carbocycles. The zero-order chi connectivity index (χ0) is 53.8. The third kappa shape index (κ3) is 6.00. The van der Waals surface area contributed by atoms with Crippen LogP contribution in [0.15, 0.2) is 271 Å². The van der Waals surface area contributed by atoms with Crippen LogP contribution in [0.1, 0.15) is 0 Å². The van der Waals surface area contributed by atoms with Gasteiger partial charge in [-0.15, -0.1) is 0 Å². The number of hydrogen-bond acceptors (Lipinski definition) is 1. The summed E-state index contributed by atoms with van der Waals surface area (Å²) in [5.74, 6) is 0. The molecular weight excluding hydrogens is 1000 g/mol. The Balaban J connectivity index is 0.681. The molecule has 0 spiro atoms. The van der Waals surface area contributed by atoms with Gasteiger partial charge in [0.1, 0.15) is 11.2 Å². The Morgan fingerprint density at radius 1 is 0.157 bits per heavy atom. The predicted octanol–water partition coefficient (Wildman–Crippen LogP) is 23.5. The highest BCUT2D eigenvalue weighted by Gasteiger charge is 2.21. The van der Waals surface area contributed by atoms with Crippen molar-refractivity contribution in [1.29, 1.82) is 0 Å². The first-order valence-electron chi connectivity index (χ1n) is 28.9. The summed E-state index contributed by atoms with van der Waals surface area (Å²) >= 11 is 0. The van der Waals surface area contributed by atoms with Gasteiger partial charge in [0.25, 0.3) is 0 Å². The molecule has 0 amide bonds. The first kappa shape index (κ1) is 44.0. The predicted molar refractivity (Wildman–Crippen MR) is 356 cm³/mol. The van der Waals surface area contributed by atoms with Gasteiger partial charge in [-0.25, -0.2) is 0 Å². The summed E-state index contributed by atoms with van der Waals surface area (Å²) in [6, 6.07) is 101. The Morgan fingerprint density at radius 2 is 0.446 bits per heavy atom. The van der Waals surface area contributed by atoms with E-state index in [2.05, 4.69) is 267 Å². The maximum atomic E-state index is 6.57. The minimum atomic E-state index is 0.899. The first-order chi connectivity index (χ1) is 41.1. The van der Waals surface area contributed by atoms with Crippen molar-refractivity contribution in [1.82, 2.24) is 0 Å². The molecule has 0 radical (unpaired) electrons. The molecule has 1 aromatic heterocycles. The van der Waals surface area contributed by atoms with Crippen molar-refractivity contribution in [2.75, 3.05) is 0 Å². The lowest BCUT2D eigenvalue weighted by molar-refractivity contribution is 0.669. The zero-order valence-electron chi connectivity index (χ0n) is 44.8. The van der Waals surface area contributed by atoms with Gasteiger partial charge in [0, 0.05) is 10.8 Å². The standard InChI is InChI=1S/C82H44O/c1-4-47-14-16-52-20-30-61(66-34-23-49(6-1)75(47)78(52)66)45-10-12-46(13-11-45)62-33-26-59-44-70(65-9-3-8-51-25-36-67(62)82(59)81(51)65)60-40-57-19-18-54-22-32-64(69-37-27-58(41-60)77(57)80(54)69)56-29-39-74-72(43-56)71-42-55(28-38-73(71)83-74)63-31-21-53-17-15-48-5-2-7-50-24-35-68(63)79(53)76(48)50/h1-44H. The minimum Gasteiger partial charge on any atom is -0.456 e. The number of rotatable bonds is 5. The summed E-state index contributed by atoms with van der Waals surface area (Å²) in [6.07, 6.45) is 0. The number of benzene rings is 19. The molecule has 0 bridgehead atoms. The van der Waals surface area contributed by atoms with Crippen LogP contribution < -0.4 is 0 Å². The molecule has 1 heteroatoms. The first-order valence-corrected chi connectivity index (χ1v) is 28.9. The van der Waals surface area contributed by atoms with Gasteiger partial charge in [-0.2, -0.15) is 0 Å². The molecule has 1 nitrogen and oxygen atoms in total. The molecule has 0 fully saturated rings. The van der Waals surface area contributed by atoms with Crippen LogP contribution in [-0.2, 0) is 0 Å². The van der Waals surface area contributed by atoms with E-state index in [0.717, 1.165) is 21.9 Å². The maximum absolute atomic E-state index is 6.57. The van der Waals surface area contributed by atoms with E-state index in [1.165, 1.54) is 185 Å². The summed E-state index contributed by atoms with van der Waals surface area (Å²) < 4.78 is 6.57. The Morgan fingerprint density at radius 3 is 0.916 bits per heavy atom. The quantitative estimate of drug-likeness (QED) is 0.157. The molecule has 0 saturated carbocycles. The van der Waals surface area contributed by atoms with Crippen LogP contribution in [0.25, 0.3) is 207 Å². The smallest absolute Gasteiger partial charge is 0.135 e. The van der Waals surface area contributed by atoms with Crippen molar-refractivity contribution >= 4 is 151 Å². The van der Waals surface area contributed by atoms with Gasteiger partial charge in [0.2, 0.25) is 0 Å². The molecule has 83 heavy (non-hydrogen) atoms. The summed E-state index contributed by atoms with van der Waals surface area (Å²) in [4.78, 5) is 0. The van der Waals surface area contributed by atoms with E-state index < -0.39 is 0 Å². The topological polar surface area (TPSA) is 13.1 Å². The van der Waals surface area contributed by atoms with Crippen LogP contribution in [-0.4, -0.2) is 0 Å². The summed E-state index contributed by atoms with van der Waals surface area (Å²) in [5, 5.41) is 33.3. The minimum absolute atomic E-state index is 0.899. The van der Waals surface area contributed by atoms with Crippen molar-refractivity contribution in [2.45, 2.75) is 0 Å². The third-order valence-electron chi connectivity index (χ3n) is 19.2. The van der Waals surface area contributed by atoms with Crippen molar-refractivity contribution in [3.63, 3.8) is 0 Å². The van der Waals surface area contributed by atoms with Gasteiger partial charge in [-0.05, 0) is 227 Å². The molecular formula is C82H44O. The molecule has 0 unspecified atom stereocenters. The fourth-order valence-electron chi connectivity index (χ4n) is 15.5. The third-order valence-corrected chi connectivity index (χ3v) is 19.2. The molecule has 20 rings (SSSR count). The monoisotopic (exact) mass is 1040 g/mol. The van der Waals surface area contributed by atoms with Gasteiger partial charge < -0.3 is 4.42 Å². The molecule has 0 aliphatic rings. The van der Waals surface area contributed by atoms with Gasteiger partial charge in [-0.3, -0.25) is 0 Å². The van der Waals surface area contributed by atoms with E-state index in [-0.39, 0.29) is 0 Å². The van der Waals surface area contributed by atoms with Crippen LogP contribution in [0.2, 0.25) is 0 Å². The molecule has 0 saturated heterocycles. The van der Waals surface area contributed by atoms with Crippen molar-refractivity contribution in [2.24, 2.45) is 0 Å². The fraction of sp³-hybridized carbons (Fsp3) is 0. The molecule has 1 heterocycles. The van der Waals surface area contributed by atoms with Crippen LogP contribution in [0, 0.1) is 0 Å². The molecule has 378 valence electrons. The fourth-order valence-corrected chi connectivity index (χ4v) is 15.5. The maximum Gasteiger partial charge on any atom is 0.135 e. The zero-order valence-corrected chi connectivity index (χ0v) is 44.8. The van der Waals surface area contributed by atoms with Crippen molar-refractivity contribution in [3.8, 4) is 55.6 Å². The average Bonchev–Trinajstić information content (AvgIpc) is 3.91. The van der Waals surface area contributed by atoms with E-state index in [0.29, 0.717) is 0 Å².